The summed E-state index contributed by atoms with van der Waals surface area (Å²) in [4.78, 5) is 0. The molecule has 0 aromatic carbocycles. The summed E-state index contributed by atoms with van der Waals surface area (Å²) in [5.41, 5.74) is 0. The van der Waals surface area contributed by atoms with E-state index in [1.165, 1.54) is 19.3 Å². The molecule has 0 aliphatic rings. The Bertz CT molecular complexity index is 256. The number of rotatable bonds is 8. The molecule has 1 heterocycles. The standard InChI is InChI=1S/C12H24N4/c1-4-12(11(2)3)13-7-5-6-8-16-9-14-15-10-16/h9-13H,4-8H2,1-3H3. The molecule has 1 aromatic heterocycles. The van der Waals surface area contributed by atoms with Gasteiger partial charge in [0, 0.05) is 12.6 Å². The van der Waals surface area contributed by atoms with Crippen molar-refractivity contribution in [3.63, 3.8) is 0 Å². The first-order valence-corrected chi connectivity index (χ1v) is 6.29. The van der Waals surface area contributed by atoms with Crippen molar-refractivity contribution in [1.82, 2.24) is 20.1 Å². The van der Waals surface area contributed by atoms with E-state index in [-0.39, 0.29) is 0 Å². The van der Waals surface area contributed by atoms with Crippen molar-refractivity contribution >= 4 is 0 Å². The van der Waals surface area contributed by atoms with Crippen LogP contribution in [0, 0.1) is 5.92 Å². The second kappa shape index (κ2) is 7.39. The lowest BCUT2D eigenvalue weighted by atomic mass is 10.0. The third kappa shape index (κ3) is 4.75. The van der Waals surface area contributed by atoms with Crippen molar-refractivity contribution in [3.05, 3.63) is 12.7 Å². The van der Waals surface area contributed by atoms with Gasteiger partial charge in [-0.1, -0.05) is 20.8 Å². The fourth-order valence-corrected chi connectivity index (χ4v) is 1.90. The van der Waals surface area contributed by atoms with E-state index < -0.39 is 0 Å². The number of aromatic nitrogens is 3. The van der Waals surface area contributed by atoms with E-state index in [0.717, 1.165) is 19.0 Å². The summed E-state index contributed by atoms with van der Waals surface area (Å²) < 4.78 is 2.03. The van der Waals surface area contributed by atoms with Gasteiger partial charge in [0.15, 0.2) is 0 Å². The van der Waals surface area contributed by atoms with Gasteiger partial charge in [-0.05, 0) is 31.7 Å². The lowest BCUT2D eigenvalue weighted by molar-refractivity contribution is 0.383. The van der Waals surface area contributed by atoms with Gasteiger partial charge >= 0.3 is 0 Å². The lowest BCUT2D eigenvalue weighted by Gasteiger charge is -2.20. The number of hydrogen-bond donors (Lipinski definition) is 1. The molecule has 1 rings (SSSR count). The second-order valence-corrected chi connectivity index (χ2v) is 4.62. The van der Waals surface area contributed by atoms with Gasteiger partial charge < -0.3 is 9.88 Å². The molecule has 0 aliphatic carbocycles. The SMILES string of the molecule is CCC(NCCCCn1cnnc1)C(C)C. The van der Waals surface area contributed by atoms with Gasteiger partial charge in [-0.3, -0.25) is 0 Å². The minimum absolute atomic E-state index is 0.662. The molecule has 92 valence electrons. The molecule has 0 fully saturated rings. The molecule has 4 heteroatoms. The molecule has 0 spiro atoms. The Morgan fingerprint density at radius 2 is 1.88 bits per heavy atom. The molecule has 1 N–H and O–H groups in total. The zero-order chi connectivity index (χ0) is 11.8. The van der Waals surface area contributed by atoms with Crippen LogP contribution in [0.25, 0.3) is 0 Å². The molecular weight excluding hydrogens is 200 g/mol. The molecule has 0 radical (unpaired) electrons. The summed E-state index contributed by atoms with van der Waals surface area (Å²) in [5.74, 6) is 0.725. The number of nitrogens with one attached hydrogen (secondary N) is 1. The molecule has 1 atom stereocenters. The third-order valence-corrected chi connectivity index (χ3v) is 2.96. The zero-order valence-corrected chi connectivity index (χ0v) is 10.7. The fourth-order valence-electron chi connectivity index (χ4n) is 1.90. The van der Waals surface area contributed by atoms with E-state index in [1.807, 2.05) is 4.57 Å². The van der Waals surface area contributed by atoms with Gasteiger partial charge in [-0.25, -0.2) is 0 Å². The average molecular weight is 224 g/mol. The van der Waals surface area contributed by atoms with E-state index in [9.17, 15) is 0 Å². The highest BCUT2D eigenvalue weighted by atomic mass is 15.2. The normalized spacial score (nSPS) is 13.2. The summed E-state index contributed by atoms with van der Waals surface area (Å²) in [6.45, 7) is 8.93. The Morgan fingerprint density at radius 3 is 2.44 bits per heavy atom. The van der Waals surface area contributed by atoms with Crippen molar-refractivity contribution in [2.24, 2.45) is 5.92 Å². The topological polar surface area (TPSA) is 42.7 Å². The molecule has 0 aliphatic heterocycles. The predicted molar refractivity (Wildman–Crippen MR) is 66.2 cm³/mol. The highest BCUT2D eigenvalue weighted by Gasteiger charge is 2.08. The van der Waals surface area contributed by atoms with Crippen LogP contribution in [0.4, 0.5) is 0 Å². The Labute approximate surface area is 98.5 Å². The maximum atomic E-state index is 3.78. The van der Waals surface area contributed by atoms with Crippen molar-refractivity contribution < 1.29 is 0 Å². The molecule has 0 amide bonds. The smallest absolute Gasteiger partial charge is 0.119 e. The van der Waals surface area contributed by atoms with Crippen molar-refractivity contribution in [1.29, 1.82) is 0 Å². The highest BCUT2D eigenvalue weighted by Crippen LogP contribution is 2.05. The lowest BCUT2D eigenvalue weighted by Crippen LogP contribution is -2.33. The number of hydrogen-bond acceptors (Lipinski definition) is 3. The molecule has 0 saturated heterocycles. The number of nitrogens with zero attached hydrogens (tertiary/aromatic N) is 3. The Hall–Kier alpha value is -0.900. The van der Waals surface area contributed by atoms with Gasteiger partial charge in [0.05, 0.1) is 0 Å². The molecular formula is C12H24N4. The van der Waals surface area contributed by atoms with Crippen LogP contribution >= 0.6 is 0 Å². The maximum absolute atomic E-state index is 3.78. The Morgan fingerprint density at radius 1 is 1.19 bits per heavy atom. The van der Waals surface area contributed by atoms with E-state index in [1.54, 1.807) is 12.7 Å². The first kappa shape index (κ1) is 13.2. The van der Waals surface area contributed by atoms with Crippen LogP contribution in [0.15, 0.2) is 12.7 Å². The predicted octanol–water partition coefficient (Wildman–Crippen LogP) is 2.08. The number of unbranched alkanes of at least 4 members (excludes halogenated alkanes) is 1. The van der Waals surface area contributed by atoms with E-state index in [4.69, 9.17) is 0 Å². The maximum Gasteiger partial charge on any atom is 0.119 e. The van der Waals surface area contributed by atoms with Gasteiger partial charge in [0.2, 0.25) is 0 Å². The van der Waals surface area contributed by atoms with Gasteiger partial charge in [-0.2, -0.15) is 0 Å². The van der Waals surface area contributed by atoms with E-state index in [2.05, 4.69) is 36.3 Å². The summed E-state index contributed by atoms with van der Waals surface area (Å²) in [6.07, 6.45) is 7.15. The zero-order valence-electron chi connectivity index (χ0n) is 10.7. The fraction of sp³-hybridized carbons (Fsp3) is 0.833. The Balaban J connectivity index is 2.03. The summed E-state index contributed by atoms with van der Waals surface area (Å²) >= 11 is 0. The number of aryl methyl sites for hydroxylation is 1. The molecule has 16 heavy (non-hydrogen) atoms. The largest absolute Gasteiger partial charge is 0.320 e. The van der Waals surface area contributed by atoms with Crippen LogP contribution in [0.3, 0.4) is 0 Å². The second-order valence-electron chi connectivity index (χ2n) is 4.62. The van der Waals surface area contributed by atoms with Crippen LogP contribution < -0.4 is 5.32 Å². The van der Waals surface area contributed by atoms with Crippen LogP contribution in [0.1, 0.15) is 40.0 Å². The summed E-state index contributed by atoms with van der Waals surface area (Å²) in [7, 11) is 0. The highest BCUT2D eigenvalue weighted by molar-refractivity contribution is 4.68. The first-order valence-electron chi connectivity index (χ1n) is 6.29. The molecule has 1 unspecified atom stereocenters. The van der Waals surface area contributed by atoms with Crippen LogP contribution in [-0.4, -0.2) is 27.4 Å². The third-order valence-electron chi connectivity index (χ3n) is 2.96. The average Bonchev–Trinajstić information content (AvgIpc) is 2.75. The first-order chi connectivity index (χ1) is 7.74. The molecule has 0 bridgehead atoms. The summed E-state index contributed by atoms with van der Waals surface area (Å²) in [6, 6.07) is 0.662. The summed E-state index contributed by atoms with van der Waals surface area (Å²) in [5, 5.41) is 11.2. The van der Waals surface area contributed by atoms with Crippen LogP contribution in [0.5, 0.6) is 0 Å². The molecule has 1 aromatic rings. The van der Waals surface area contributed by atoms with Crippen molar-refractivity contribution in [2.75, 3.05) is 6.54 Å². The van der Waals surface area contributed by atoms with Gasteiger partial charge in [0.25, 0.3) is 0 Å². The minimum atomic E-state index is 0.662. The van der Waals surface area contributed by atoms with Gasteiger partial charge in [0.1, 0.15) is 12.7 Å². The van der Waals surface area contributed by atoms with Crippen LogP contribution in [0.2, 0.25) is 0 Å². The van der Waals surface area contributed by atoms with Gasteiger partial charge in [-0.15, -0.1) is 10.2 Å². The monoisotopic (exact) mass is 224 g/mol. The van der Waals surface area contributed by atoms with E-state index >= 15 is 0 Å². The van der Waals surface area contributed by atoms with E-state index in [0.29, 0.717) is 6.04 Å². The quantitative estimate of drug-likeness (QED) is 0.687. The molecule has 4 nitrogen and oxygen atoms in total. The minimum Gasteiger partial charge on any atom is -0.320 e. The Kier molecular flexibility index (Phi) is 6.08. The van der Waals surface area contributed by atoms with Crippen molar-refractivity contribution in [3.8, 4) is 0 Å². The molecule has 0 saturated carbocycles. The van der Waals surface area contributed by atoms with Crippen LogP contribution in [-0.2, 0) is 6.54 Å². The van der Waals surface area contributed by atoms with Crippen molar-refractivity contribution in [2.45, 2.75) is 52.6 Å².